The molecule has 1 aromatic heterocycles. The molecule has 0 aliphatic rings. The number of nitrogen functional groups attached to an aromatic ring is 1. The number of pyridine rings is 1. The van der Waals surface area contributed by atoms with Crippen LogP contribution in [-0.2, 0) is 10.0 Å². The van der Waals surface area contributed by atoms with E-state index in [-0.39, 0.29) is 11.4 Å². The number of rotatable bonds is 4. The summed E-state index contributed by atoms with van der Waals surface area (Å²) in [5.74, 6) is 0. The van der Waals surface area contributed by atoms with E-state index in [1.54, 1.807) is 31.3 Å². The summed E-state index contributed by atoms with van der Waals surface area (Å²) in [7, 11) is -2.10. The molecule has 5 nitrogen and oxygen atoms in total. The Bertz CT molecular complexity index is 769. The van der Waals surface area contributed by atoms with Crippen LogP contribution < -0.4 is 5.73 Å². The van der Waals surface area contributed by atoms with E-state index in [0.717, 1.165) is 5.57 Å². The molecule has 0 unspecified atom stereocenters. The molecular weight excluding hydrogens is 274 g/mol. The molecule has 2 aromatic rings. The molecule has 0 aliphatic carbocycles. The summed E-state index contributed by atoms with van der Waals surface area (Å²) in [4.78, 5) is 4.32. The normalized spacial score (nSPS) is 11.9. The van der Waals surface area contributed by atoms with Crippen LogP contribution in [0.5, 0.6) is 0 Å². The summed E-state index contributed by atoms with van der Waals surface area (Å²) in [5, 5.41) is 0.636. The van der Waals surface area contributed by atoms with Gasteiger partial charge in [-0.15, -0.1) is 0 Å². The molecule has 0 bridgehead atoms. The predicted molar refractivity (Wildman–Crippen MR) is 80.8 cm³/mol. The minimum absolute atomic E-state index is 0.158. The van der Waals surface area contributed by atoms with Gasteiger partial charge in [-0.1, -0.05) is 12.2 Å². The summed E-state index contributed by atoms with van der Waals surface area (Å²) in [6.45, 7) is 5.79. The van der Waals surface area contributed by atoms with Gasteiger partial charge >= 0.3 is 0 Å². The number of nitrogens with two attached hydrogens (primary N) is 1. The van der Waals surface area contributed by atoms with E-state index in [2.05, 4.69) is 11.6 Å². The van der Waals surface area contributed by atoms with Crippen molar-refractivity contribution in [2.24, 2.45) is 0 Å². The number of aromatic nitrogens is 1. The summed E-state index contributed by atoms with van der Waals surface area (Å²) >= 11 is 0. The molecule has 0 radical (unpaired) electrons. The highest BCUT2D eigenvalue weighted by molar-refractivity contribution is 7.89. The van der Waals surface area contributed by atoms with Crippen LogP contribution in [0.3, 0.4) is 0 Å². The lowest BCUT2D eigenvalue weighted by molar-refractivity contribution is 0.494. The van der Waals surface area contributed by atoms with Gasteiger partial charge in [-0.25, -0.2) is 8.42 Å². The van der Waals surface area contributed by atoms with Gasteiger partial charge in [0.05, 0.1) is 5.52 Å². The lowest BCUT2D eigenvalue weighted by Crippen LogP contribution is -2.28. The van der Waals surface area contributed by atoms with Crippen LogP contribution in [0.1, 0.15) is 6.92 Å². The second-order valence-electron chi connectivity index (χ2n) is 4.77. The van der Waals surface area contributed by atoms with Gasteiger partial charge < -0.3 is 5.73 Å². The van der Waals surface area contributed by atoms with Crippen molar-refractivity contribution >= 4 is 26.6 Å². The van der Waals surface area contributed by atoms with Gasteiger partial charge in [0.1, 0.15) is 4.90 Å². The molecule has 106 valence electrons. The lowest BCUT2D eigenvalue weighted by Gasteiger charge is -2.18. The number of anilines is 1. The monoisotopic (exact) mass is 291 g/mol. The molecule has 1 aromatic carbocycles. The van der Waals surface area contributed by atoms with Crippen molar-refractivity contribution < 1.29 is 8.42 Å². The fourth-order valence-electron chi connectivity index (χ4n) is 2.01. The Kier molecular flexibility index (Phi) is 3.78. The van der Waals surface area contributed by atoms with Crippen molar-refractivity contribution in [2.45, 2.75) is 11.8 Å². The first kappa shape index (κ1) is 14.5. The first-order valence-corrected chi connectivity index (χ1v) is 7.52. The van der Waals surface area contributed by atoms with Gasteiger partial charge in [-0.05, 0) is 31.2 Å². The first-order valence-electron chi connectivity index (χ1n) is 6.08. The molecule has 0 aliphatic heterocycles. The number of sulfonamides is 1. The quantitative estimate of drug-likeness (QED) is 0.690. The molecule has 0 saturated carbocycles. The summed E-state index contributed by atoms with van der Waals surface area (Å²) < 4.78 is 26.5. The van der Waals surface area contributed by atoms with Crippen LogP contribution in [-0.4, -0.2) is 31.3 Å². The molecule has 0 atom stereocenters. The Hall–Kier alpha value is -1.92. The highest BCUT2D eigenvalue weighted by Gasteiger charge is 2.24. The molecule has 6 heteroatoms. The van der Waals surface area contributed by atoms with E-state index >= 15 is 0 Å². The van der Waals surface area contributed by atoms with E-state index in [9.17, 15) is 8.42 Å². The van der Waals surface area contributed by atoms with Crippen molar-refractivity contribution in [2.75, 3.05) is 19.3 Å². The third kappa shape index (κ3) is 2.52. The standard InChI is InChI=1S/C14H17N3O2S/c1-10(2)9-17(3)20(18,19)13-7-6-12(15)11-5-4-8-16-14(11)13/h4-8H,1,9,15H2,2-3H3. The van der Waals surface area contributed by atoms with Crippen LogP contribution in [0.15, 0.2) is 47.5 Å². The molecule has 0 spiro atoms. The fraction of sp³-hybridized carbons (Fsp3) is 0.214. The smallest absolute Gasteiger partial charge is 0.245 e. The highest BCUT2D eigenvalue weighted by atomic mass is 32.2. The third-order valence-corrected chi connectivity index (χ3v) is 4.78. The molecule has 20 heavy (non-hydrogen) atoms. The maximum absolute atomic E-state index is 12.6. The highest BCUT2D eigenvalue weighted by Crippen LogP contribution is 2.27. The number of hydrogen-bond donors (Lipinski definition) is 1. The SMILES string of the molecule is C=C(C)CN(C)S(=O)(=O)c1ccc(N)c2cccnc12. The first-order chi connectivity index (χ1) is 9.34. The molecule has 2 rings (SSSR count). The van der Waals surface area contributed by atoms with Crippen molar-refractivity contribution in [3.8, 4) is 0 Å². The lowest BCUT2D eigenvalue weighted by atomic mass is 10.2. The van der Waals surface area contributed by atoms with Crippen molar-refractivity contribution in [1.82, 2.24) is 9.29 Å². The van der Waals surface area contributed by atoms with Crippen LogP contribution >= 0.6 is 0 Å². The van der Waals surface area contributed by atoms with Crippen molar-refractivity contribution in [1.29, 1.82) is 0 Å². The number of hydrogen-bond acceptors (Lipinski definition) is 4. The van der Waals surface area contributed by atoms with Gasteiger partial charge in [0.2, 0.25) is 10.0 Å². The van der Waals surface area contributed by atoms with Gasteiger partial charge in [-0.3, -0.25) is 4.98 Å². The van der Waals surface area contributed by atoms with Crippen molar-refractivity contribution in [3.63, 3.8) is 0 Å². The zero-order valence-electron chi connectivity index (χ0n) is 11.5. The fourth-order valence-corrected chi connectivity index (χ4v) is 3.38. The van der Waals surface area contributed by atoms with Crippen molar-refractivity contribution in [3.05, 3.63) is 42.6 Å². The molecule has 0 amide bonds. The summed E-state index contributed by atoms with van der Waals surface area (Å²) in [6.07, 6.45) is 1.56. The van der Waals surface area contributed by atoms with E-state index in [1.807, 2.05) is 0 Å². The van der Waals surface area contributed by atoms with Gasteiger partial charge in [-0.2, -0.15) is 4.31 Å². The predicted octanol–water partition coefficient (Wildman–Crippen LogP) is 2.01. The van der Waals surface area contributed by atoms with Crippen LogP contribution in [0.2, 0.25) is 0 Å². The zero-order valence-corrected chi connectivity index (χ0v) is 12.3. The number of fused-ring (bicyclic) bond motifs is 1. The Morgan fingerprint density at radius 3 is 2.75 bits per heavy atom. The van der Waals surface area contributed by atoms with E-state index < -0.39 is 10.0 Å². The topological polar surface area (TPSA) is 76.3 Å². The zero-order chi connectivity index (χ0) is 14.9. The number of benzene rings is 1. The van der Waals surface area contributed by atoms with Crippen LogP contribution in [0.25, 0.3) is 10.9 Å². The number of likely N-dealkylation sites (N-methyl/N-ethyl adjacent to an activating group) is 1. The van der Waals surface area contributed by atoms with E-state index in [1.165, 1.54) is 17.4 Å². The molecule has 2 N–H and O–H groups in total. The van der Waals surface area contributed by atoms with Crippen LogP contribution in [0, 0.1) is 0 Å². The van der Waals surface area contributed by atoms with Crippen LogP contribution in [0.4, 0.5) is 5.69 Å². The van der Waals surface area contributed by atoms with Gasteiger partial charge in [0.15, 0.2) is 0 Å². The second kappa shape index (κ2) is 5.22. The average Bonchev–Trinajstić information content (AvgIpc) is 2.38. The number of nitrogens with zero attached hydrogens (tertiary/aromatic N) is 2. The average molecular weight is 291 g/mol. The Labute approximate surface area is 118 Å². The minimum Gasteiger partial charge on any atom is -0.398 e. The summed E-state index contributed by atoms with van der Waals surface area (Å²) in [5.41, 5.74) is 7.53. The maximum Gasteiger partial charge on any atom is 0.245 e. The third-order valence-electron chi connectivity index (χ3n) is 2.95. The Morgan fingerprint density at radius 2 is 2.10 bits per heavy atom. The van der Waals surface area contributed by atoms with Gasteiger partial charge in [0, 0.05) is 30.9 Å². The van der Waals surface area contributed by atoms with E-state index in [0.29, 0.717) is 16.6 Å². The molecule has 1 heterocycles. The van der Waals surface area contributed by atoms with E-state index in [4.69, 9.17) is 5.73 Å². The Morgan fingerprint density at radius 1 is 1.40 bits per heavy atom. The Balaban J connectivity index is 2.64. The molecule has 0 saturated heterocycles. The maximum atomic E-state index is 12.6. The minimum atomic E-state index is -3.62. The molecular formula is C14H17N3O2S. The largest absolute Gasteiger partial charge is 0.398 e. The van der Waals surface area contributed by atoms with Gasteiger partial charge in [0.25, 0.3) is 0 Å². The molecule has 0 fully saturated rings. The second-order valence-corrected chi connectivity index (χ2v) is 6.78. The summed E-state index contributed by atoms with van der Waals surface area (Å²) in [6, 6.07) is 6.57.